The predicted octanol–water partition coefficient (Wildman–Crippen LogP) is 2.18. The van der Waals surface area contributed by atoms with Crippen LogP contribution in [-0.4, -0.2) is 24.8 Å². The molecule has 3 aromatic heterocycles. The third-order valence-corrected chi connectivity index (χ3v) is 3.14. The van der Waals surface area contributed by atoms with Crippen molar-refractivity contribution in [2.45, 2.75) is 6.92 Å². The van der Waals surface area contributed by atoms with Gasteiger partial charge in [0.1, 0.15) is 0 Å². The van der Waals surface area contributed by atoms with Crippen LogP contribution in [-0.2, 0) is 0 Å². The quantitative estimate of drug-likeness (QED) is 0.716. The Balaban J connectivity index is 1.92. The zero-order chi connectivity index (χ0) is 12.5. The van der Waals surface area contributed by atoms with E-state index in [-0.39, 0.29) is 0 Å². The third kappa shape index (κ3) is 2.13. The molecule has 0 fully saturated rings. The normalized spacial score (nSPS) is 10.8. The van der Waals surface area contributed by atoms with Gasteiger partial charge >= 0.3 is 0 Å². The number of hydrogen-bond donors (Lipinski definition) is 1. The van der Waals surface area contributed by atoms with Gasteiger partial charge in [-0.05, 0) is 41.6 Å². The van der Waals surface area contributed by atoms with Crippen molar-refractivity contribution in [3.05, 3.63) is 40.0 Å². The summed E-state index contributed by atoms with van der Waals surface area (Å²) in [6.45, 7) is 1.90. The summed E-state index contributed by atoms with van der Waals surface area (Å²) < 4.78 is 2.75. The summed E-state index contributed by atoms with van der Waals surface area (Å²) in [5.74, 6) is 0.684. The minimum Gasteiger partial charge on any atom is -0.336 e. The van der Waals surface area contributed by atoms with E-state index in [1.807, 2.05) is 25.3 Å². The fourth-order valence-corrected chi connectivity index (χ4v) is 2.03. The van der Waals surface area contributed by atoms with Crippen molar-refractivity contribution in [3.63, 3.8) is 0 Å². The van der Waals surface area contributed by atoms with E-state index in [0.29, 0.717) is 5.82 Å². The van der Waals surface area contributed by atoms with E-state index in [2.05, 4.69) is 48.2 Å². The van der Waals surface area contributed by atoms with E-state index in [1.54, 1.807) is 16.9 Å². The number of anilines is 2. The largest absolute Gasteiger partial charge is 0.336 e. The van der Waals surface area contributed by atoms with Crippen molar-refractivity contribution < 1.29 is 0 Å². The standard InChI is InChI=1S/C11H9IN6/c1-7-2-3-10(17-16-7)15-8-4-13-11-9(12)5-14-18(11)6-8/h2-6H,1H3,(H,15,17). The molecule has 3 aromatic rings. The lowest BCUT2D eigenvalue weighted by Gasteiger charge is -2.04. The topological polar surface area (TPSA) is 68.0 Å². The second-order valence-corrected chi connectivity index (χ2v) is 4.95. The molecule has 0 bridgehead atoms. The Labute approximate surface area is 117 Å². The van der Waals surface area contributed by atoms with Crippen molar-refractivity contribution in [1.29, 1.82) is 0 Å². The van der Waals surface area contributed by atoms with Crippen molar-refractivity contribution in [3.8, 4) is 0 Å². The van der Waals surface area contributed by atoms with Crippen LogP contribution in [0.2, 0.25) is 0 Å². The highest BCUT2D eigenvalue weighted by atomic mass is 127. The van der Waals surface area contributed by atoms with Gasteiger partial charge in [0, 0.05) is 0 Å². The van der Waals surface area contributed by atoms with Gasteiger partial charge in [-0.25, -0.2) is 9.50 Å². The number of fused-ring (bicyclic) bond motifs is 1. The Hall–Kier alpha value is -1.77. The average molecular weight is 352 g/mol. The maximum Gasteiger partial charge on any atom is 0.168 e. The van der Waals surface area contributed by atoms with E-state index in [0.717, 1.165) is 20.6 Å². The molecule has 3 heterocycles. The molecule has 0 aromatic carbocycles. The summed E-state index contributed by atoms with van der Waals surface area (Å²) in [6, 6.07) is 3.78. The Morgan fingerprint density at radius 2 is 2.11 bits per heavy atom. The smallest absolute Gasteiger partial charge is 0.168 e. The highest BCUT2D eigenvalue weighted by Gasteiger charge is 2.03. The highest BCUT2D eigenvalue weighted by Crippen LogP contribution is 2.16. The van der Waals surface area contributed by atoms with Gasteiger partial charge in [-0.1, -0.05) is 0 Å². The fourth-order valence-electron chi connectivity index (χ4n) is 1.52. The molecule has 7 heteroatoms. The van der Waals surface area contributed by atoms with Gasteiger partial charge in [0.25, 0.3) is 0 Å². The molecule has 0 radical (unpaired) electrons. The lowest BCUT2D eigenvalue weighted by atomic mass is 10.4. The maximum atomic E-state index is 4.34. The number of rotatable bonds is 2. The third-order valence-electron chi connectivity index (χ3n) is 2.38. The summed E-state index contributed by atoms with van der Waals surface area (Å²) in [4.78, 5) is 4.34. The lowest BCUT2D eigenvalue weighted by Crippen LogP contribution is -1.99. The molecule has 1 N–H and O–H groups in total. The number of hydrogen-bond acceptors (Lipinski definition) is 5. The number of nitrogens with zero attached hydrogens (tertiary/aromatic N) is 5. The van der Waals surface area contributed by atoms with Crippen LogP contribution in [0.15, 0.2) is 30.7 Å². The second kappa shape index (κ2) is 4.48. The molecule has 6 nitrogen and oxygen atoms in total. The van der Waals surface area contributed by atoms with Crippen molar-refractivity contribution >= 4 is 39.7 Å². The van der Waals surface area contributed by atoms with Crippen molar-refractivity contribution in [2.75, 3.05) is 5.32 Å². The zero-order valence-corrected chi connectivity index (χ0v) is 11.7. The predicted molar refractivity (Wildman–Crippen MR) is 75.8 cm³/mol. The van der Waals surface area contributed by atoms with Crippen LogP contribution < -0.4 is 5.32 Å². The summed E-state index contributed by atoms with van der Waals surface area (Å²) in [6.07, 6.45) is 5.39. The van der Waals surface area contributed by atoms with E-state index in [1.165, 1.54) is 0 Å². The van der Waals surface area contributed by atoms with E-state index in [4.69, 9.17) is 0 Å². The van der Waals surface area contributed by atoms with Crippen molar-refractivity contribution in [1.82, 2.24) is 24.8 Å². The summed E-state index contributed by atoms with van der Waals surface area (Å²) in [7, 11) is 0. The number of aromatic nitrogens is 5. The molecule has 3 rings (SSSR count). The van der Waals surface area contributed by atoms with Gasteiger partial charge < -0.3 is 5.32 Å². The van der Waals surface area contributed by atoms with Gasteiger partial charge in [0.05, 0.1) is 33.5 Å². The fraction of sp³-hybridized carbons (Fsp3) is 0.0909. The molecule has 0 aliphatic rings. The minimum absolute atomic E-state index is 0.684. The first-order valence-electron chi connectivity index (χ1n) is 5.28. The molecule has 0 saturated carbocycles. The van der Waals surface area contributed by atoms with Gasteiger partial charge in [0.2, 0.25) is 0 Å². The monoisotopic (exact) mass is 352 g/mol. The first-order chi connectivity index (χ1) is 8.72. The number of halogens is 1. The zero-order valence-electron chi connectivity index (χ0n) is 9.50. The Bertz CT molecular complexity index is 690. The van der Waals surface area contributed by atoms with Gasteiger partial charge in [-0.2, -0.15) is 10.2 Å². The molecule has 0 aliphatic heterocycles. The molecule has 18 heavy (non-hydrogen) atoms. The maximum absolute atomic E-state index is 4.34. The molecule has 0 amide bonds. The number of nitrogens with one attached hydrogen (secondary N) is 1. The molecule has 0 aliphatic carbocycles. The van der Waals surface area contributed by atoms with Gasteiger partial charge in [-0.3, -0.25) is 0 Å². The number of aryl methyl sites for hydroxylation is 1. The SMILES string of the molecule is Cc1ccc(Nc2cnc3c(I)cnn3c2)nn1. The van der Waals surface area contributed by atoms with Crippen LogP contribution in [0.3, 0.4) is 0 Å². The molecular weight excluding hydrogens is 343 g/mol. The van der Waals surface area contributed by atoms with E-state index in [9.17, 15) is 0 Å². The van der Waals surface area contributed by atoms with Gasteiger partial charge in [0.15, 0.2) is 11.5 Å². The summed E-state index contributed by atoms with van der Waals surface area (Å²) in [5.41, 5.74) is 2.55. The van der Waals surface area contributed by atoms with Crippen LogP contribution in [0.25, 0.3) is 5.65 Å². The highest BCUT2D eigenvalue weighted by molar-refractivity contribution is 14.1. The van der Waals surface area contributed by atoms with Crippen molar-refractivity contribution in [2.24, 2.45) is 0 Å². The first kappa shape index (κ1) is 11.3. The average Bonchev–Trinajstić information content (AvgIpc) is 2.74. The summed E-state index contributed by atoms with van der Waals surface area (Å²) in [5, 5.41) is 15.4. The second-order valence-electron chi connectivity index (χ2n) is 3.79. The van der Waals surface area contributed by atoms with E-state index >= 15 is 0 Å². The van der Waals surface area contributed by atoms with E-state index < -0.39 is 0 Å². The first-order valence-corrected chi connectivity index (χ1v) is 6.36. The molecular formula is C11H9IN6. The van der Waals surface area contributed by atoms with Gasteiger partial charge in [-0.15, -0.1) is 5.10 Å². The Morgan fingerprint density at radius 3 is 2.89 bits per heavy atom. The van der Waals surface area contributed by atoms with Crippen LogP contribution in [0.4, 0.5) is 11.5 Å². The van der Waals surface area contributed by atoms with Crippen LogP contribution in [0, 0.1) is 10.5 Å². The molecule has 0 unspecified atom stereocenters. The van der Waals surface area contributed by atoms with Crippen LogP contribution >= 0.6 is 22.6 Å². The van der Waals surface area contributed by atoms with Crippen LogP contribution in [0.1, 0.15) is 5.69 Å². The molecule has 90 valence electrons. The summed E-state index contributed by atoms with van der Waals surface area (Å²) >= 11 is 2.20. The molecule has 0 saturated heterocycles. The molecule has 0 atom stereocenters. The Kier molecular flexibility index (Phi) is 2.82. The Morgan fingerprint density at radius 1 is 1.22 bits per heavy atom. The molecule has 0 spiro atoms. The lowest BCUT2D eigenvalue weighted by molar-refractivity contribution is 0.938. The van der Waals surface area contributed by atoms with Crippen LogP contribution in [0.5, 0.6) is 0 Å². The minimum atomic E-state index is 0.684.